The van der Waals surface area contributed by atoms with Crippen LogP contribution in [0.1, 0.15) is 42.6 Å². The highest BCUT2D eigenvalue weighted by molar-refractivity contribution is 9.10. The van der Waals surface area contributed by atoms with Crippen molar-refractivity contribution >= 4 is 44.9 Å². The summed E-state index contributed by atoms with van der Waals surface area (Å²) in [6.07, 6.45) is 3.04. The van der Waals surface area contributed by atoms with Crippen LogP contribution in [0.25, 0.3) is 0 Å². The number of carbonyl (C=O) groups is 1. The van der Waals surface area contributed by atoms with Crippen LogP contribution in [0.4, 0.5) is 5.69 Å². The average molecular weight is 461 g/mol. The number of aryl methyl sites for hydroxylation is 1. The van der Waals surface area contributed by atoms with Gasteiger partial charge in [0.15, 0.2) is 5.11 Å². The van der Waals surface area contributed by atoms with E-state index in [0.717, 1.165) is 41.7 Å². The second-order valence-electron chi connectivity index (χ2n) is 7.32. The molecule has 2 aromatic rings. The van der Waals surface area contributed by atoms with Gasteiger partial charge in [-0.05, 0) is 83.2 Å². The molecule has 0 saturated heterocycles. The lowest BCUT2D eigenvalue weighted by Crippen LogP contribution is -2.45. The zero-order valence-electron chi connectivity index (χ0n) is 16.2. The molecule has 0 unspecified atom stereocenters. The van der Waals surface area contributed by atoms with E-state index in [-0.39, 0.29) is 5.91 Å². The summed E-state index contributed by atoms with van der Waals surface area (Å²) >= 11 is 9.02. The summed E-state index contributed by atoms with van der Waals surface area (Å²) < 4.78 is 6.55. The Morgan fingerprint density at radius 1 is 1.29 bits per heavy atom. The second kappa shape index (κ2) is 9.52. The summed E-state index contributed by atoms with van der Waals surface area (Å²) in [7, 11) is 0. The highest BCUT2D eigenvalue weighted by Gasteiger charge is 2.21. The van der Waals surface area contributed by atoms with Crippen LogP contribution in [-0.2, 0) is 6.42 Å². The molecule has 0 bridgehead atoms. The number of para-hydroxylation sites is 1. The number of nitrogens with one attached hydrogen (secondary N) is 1. The van der Waals surface area contributed by atoms with Crippen molar-refractivity contribution in [1.82, 2.24) is 5.32 Å². The molecule has 148 valence electrons. The van der Waals surface area contributed by atoms with Crippen LogP contribution in [0.15, 0.2) is 46.9 Å². The van der Waals surface area contributed by atoms with Gasteiger partial charge < -0.3 is 9.64 Å². The van der Waals surface area contributed by atoms with Crippen LogP contribution in [0, 0.1) is 5.92 Å². The Bertz CT molecular complexity index is 869. The molecule has 0 atom stereocenters. The van der Waals surface area contributed by atoms with Crippen LogP contribution in [0.2, 0.25) is 0 Å². The van der Waals surface area contributed by atoms with E-state index >= 15 is 0 Å². The first-order valence-electron chi connectivity index (χ1n) is 9.59. The first-order chi connectivity index (χ1) is 13.5. The normalized spacial score (nSPS) is 13.2. The lowest BCUT2D eigenvalue weighted by Gasteiger charge is -2.31. The fourth-order valence-corrected chi connectivity index (χ4v) is 3.92. The highest BCUT2D eigenvalue weighted by atomic mass is 79.9. The minimum absolute atomic E-state index is 0.220. The van der Waals surface area contributed by atoms with Crippen molar-refractivity contribution in [1.29, 1.82) is 0 Å². The van der Waals surface area contributed by atoms with Crippen molar-refractivity contribution < 1.29 is 9.53 Å². The van der Waals surface area contributed by atoms with Gasteiger partial charge in [0.1, 0.15) is 5.75 Å². The molecular formula is C22H25BrN2O2S. The molecule has 3 rings (SSSR count). The van der Waals surface area contributed by atoms with Gasteiger partial charge in [0.2, 0.25) is 0 Å². The maximum absolute atomic E-state index is 12.7. The molecule has 0 saturated carbocycles. The third-order valence-electron chi connectivity index (χ3n) is 4.72. The zero-order chi connectivity index (χ0) is 20.1. The molecule has 1 amide bonds. The van der Waals surface area contributed by atoms with Crippen LogP contribution < -0.4 is 15.0 Å². The Labute approximate surface area is 180 Å². The summed E-state index contributed by atoms with van der Waals surface area (Å²) in [4.78, 5) is 14.7. The fourth-order valence-electron chi connectivity index (χ4n) is 3.15. The highest BCUT2D eigenvalue weighted by Crippen LogP contribution is 2.28. The molecule has 0 aliphatic carbocycles. The number of carbonyl (C=O) groups excluding carboxylic acids is 1. The standard InChI is InChI=1S/C22H25BrN2O2S/c1-15(2)11-13-27-20-10-9-17(14-18(20)23)21(26)24-22(28)25-12-5-7-16-6-3-4-8-19(16)25/h3-4,6,8-10,14-15H,5,7,11-13H2,1-2H3,(H,24,26,28). The molecular weight excluding hydrogens is 436 g/mol. The van der Waals surface area contributed by atoms with Crippen LogP contribution in [0.3, 0.4) is 0 Å². The number of ether oxygens (including phenoxy) is 1. The number of thiocarbonyl (C=S) groups is 1. The summed E-state index contributed by atoms with van der Waals surface area (Å²) in [5, 5.41) is 3.30. The number of halogens is 1. The summed E-state index contributed by atoms with van der Waals surface area (Å²) in [5.41, 5.74) is 2.88. The van der Waals surface area contributed by atoms with Crippen LogP contribution in [-0.4, -0.2) is 24.2 Å². The molecule has 6 heteroatoms. The van der Waals surface area contributed by atoms with Gasteiger partial charge >= 0.3 is 0 Å². The number of hydrogen-bond acceptors (Lipinski definition) is 3. The first-order valence-corrected chi connectivity index (χ1v) is 10.8. The molecule has 1 N–H and O–H groups in total. The molecule has 2 aromatic carbocycles. The Kier molecular flexibility index (Phi) is 7.08. The number of amides is 1. The average Bonchev–Trinajstić information content (AvgIpc) is 2.68. The number of hydrogen-bond donors (Lipinski definition) is 1. The molecule has 4 nitrogen and oxygen atoms in total. The number of anilines is 1. The Morgan fingerprint density at radius 2 is 2.07 bits per heavy atom. The number of rotatable bonds is 5. The largest absolute Gasteiger partial charge is 0.492 e. The van der Waals surface area contributed by atoms with E-state index < -0.39 is 0 Å². The van der Waals surface area contributed by atoms with Crippen molar-refractivity contribution in [3.05, 3.63) is 58.1 Å². The van der Waals surface area contributed by atoms with Gasteiger partial charge in [-0.2, -0.15) is 0 Å². The number of fused-ring (bicyclic) bond motifs is 1. The van der Waals surface area contributed by atoms with Crippen LogP contribution in [0.5, 0.6) is 5.75 Å². The maximum atomic E-state index is 12.7. The summed E-state index contributed by atoms with van der Waals surface area (Å²) in [6, 6.07) is 13.5. The van der Waals surface area contributed by atoms with Crippen molar-refractivity contribution in [3.63, 3.8) is 0 Å². The molecule has 1 heterocycles. The van der Waals surface area contributed by atoms with Crippen molar-refractivity contribution in [2.45, 2.75) is 33.1 Å². The van der Waals surface area contributed by atoms with E-state index in [1.54, 1.807) is 12.1 Å². The van der Waals surface area contributed by atoms with E-state index in [4.69, 9.17) is 17.0 Å². The number of benzene rings is 2. The Hall–Kier alpha value is -1.92. The lowest BCUT2D eigenvalue weighted by molar-refractivity contribution is 0.0977. The number of nitrogens with zero attached hydrogens (tertiary/aromatic N) is 1. The maximum Gasteiger partial charge on any atom is 0.257 e. The van der Waals surface area contributed by atoms with Gasteiger partial charge in [0.25, 0.3) is 5.91 Å². The molecule has 1 aliphatic heterocycles. The zero-order valence-corrected chi connectivity index (χ0v) is 18.6. The van der Waals surface area contributed by atoms with Crippen molar-refractivity contribution in [2.75, 3.05) is 18.1 Å². The van der Waals surface area contributed by atoms with Gasteiger partial charge in [-0.15, -0.1) is 0 Å². The topological polar surface area (TPSA) is 41.6 Å². The molecule has 0 fully saturated rings. The lowest BCUT2D eigenvalue weighted by atomic mass is 10.0. The molecule has 1 aliphatic rings. The van der Waals surface area contributed by atoms with E-state index in [2.05, 4.69) is 41.2 Å². The van der Waals surface area contributed by atoms with Gasteiger partial charge in [0, 0.05) is 17.8 Å². The second-order valence-corrected chi connectivity index (χ2v) is 8.56. The third kappa shape index (κ3) is 5.11. The van der Waals surface area contributed by atoms with Gasteiger partial charge in [0.05, 0.1) is 11.1 Å². The fraction of sp³-hybridized carbons (Fsp3) is 0.364. The van der Waals surface area contributed by atoms with E-state index in [0.29, 0.717) is 23.2 Å². The van der Waals surface area contributed by atoms with E-state index in [1.165, 1.54) is 5.56 Å². The van der Waals surface area contributed by atoms with Crippen molar-refractivity contribution in [2.24, 2.45) is 5.92 Å². The summed E-state index contributed by atoms with van der Waals surface area (Å²) in [5.74, 6) is 1.11. The minimum Gasteiger partial charge on any atom is -0.492 e. The Balaban J connectivity index is 1.65. The molecule has 0 radical (unpaired) electrons. The minimum atomic E-state index is -0.220. The van der Waals surface area contributed by atoms with Gasteiger partial charge in [-0.3, -0.25) is 10.1 Å². The SMILES string of the molecule is CC(C)CCOc1ccc(C(=O)NC(=S)N2CCCc3ccccc32)cc1Br. The summed E-state index contributed by atoms with van der Waals surface area (Å²) in [6.45, 7) is 5.79. The van der Waals surface area contributed by atoms with Gasteiger partial charge in [-0.1, -0.05) is 32.0 Å². The van der Waals surface area contributed by atoms with Gasteiger partial charge in [-0.25, -0.2) is 0 Å². The Morgan fingerprint density at radius 3 is 2.82 bits per heavy atom. The van der Waals surface area contributed by atoms with E-state index in [9.17, 15) is 4.79 Å². The molecule has 0 spiro atoms. The third-order valence-corrected chi connectivity index (χ3v) is 5.66. The van der Waals surface area contributed by atoms with E-state index in [1.807, 2.05) is 29.2 Å². The quantitative estimate of drug-likeness (QED) is 0.611. The van der Waals surface area contributed by atoms with Crippen LogP contribution >= 0.6 is 28.1 Å². The monoisotopic (exact) mass is 460 g/mol. The smallest absolute Gasteiger partial charge is 0.257 e. The molecule has 28 heavy (non-hydrogen) atoms. The predicted octanol–water partition coefficient (Wildman–Crippen LogP) is 5.34. The van der Waals surface area contributed by atoms with Crippen molar-refractivity contribution in [3.8, 4) is 5.75 Å². The predicted molar refractivity (Wildman–Crippen MR) is 121 cm³/mol. The first kappa shape index (κ1) is 20.8. The molecule has 0 aromatic heterocycles.